The molecule has 0 saturated heterocycles. The van der Waals surface area contributed by atoms with E-state index in [1.807, 2.05) is 37.3 Å². The van der Waals surface area contributed by atoms with Crippen LogP contribution in [0.3, 0.4) is 0 Å². The van der Waals surface area contributed by atoms with Crippen LogP contribution >= 0.6 is 0 Å². The van der Waals surface area contributed by atoms with Crippen LogP contribution in [0.1, 0.15) is 12.5 Å². The number of hydrogen-bond acceptors (Lipinski definition) is 2. The second-order valence-corrected chi connectivity index (χ2v) is 5.63. The van der Waals surface area contributed by atoms with E-state index in [-0.39, 0.29) is 0 Å². The Labute approximate surface area is 132 Å². The number of benzene rings is 3. The summed E-state index contributed by atoms with van der Waals surface area (Å²) in [5, 5.41) is 4.36. The Hall–Kier alpha value is -3.18. The van der Waals surface area contributed by atoms with Crippen LogP contribution in [0.2, 0.25) is 0 Å². The maximum absolute atomic E-state index is 6.06. The van der Waals surface area contributed by atoms with Gasteiger partial charge in [0.25, 0.3) is 0 Å². The van der Waals surface area contributed by atoms with E-state index in [1.54, 1.807) is 0 Å². The van der Waals surface area contributed by atoms with E-state index in [4.69, 9.17) is 8.83 Å². The van der Waals surface area contributed by atoms with Crippen molar-refractivity contribution in [2.24, 2.45) is 0 Å². The van der Waals surface area contributed by atoms with Gasteiger partial charge in [-0.2, -0.15) is 0 Å². The predicted molar refractivity (Wildman–Crippen MR) is 93.6 cm³/mol. The molecule has 0 saturated carbocycles. The number of para-hydroxylation sites is 1. The Kier molecular flexibility index (Phi) is 2.37. The average Bonchev–Trinajstić information content (AvgIpc) is 3.10. The Balaban J connectivity index is 1.90. The molecule has 2 heteroatoms. The summed E-state index contributed by atoms with van der Waals surface area (Å²) < 4.78 is 12.0. The summed E-state index contributed by atoms with van der Waals surface area (Å²) in [6.07, 6.45) is 0. The van der Waals surface area contributed by atoms with Crippen LogP contribution in [0.25, 0.3) is 43.9 Å². The van der Waals surface area contributed by atoms with Crippen LogP contribution in [0.15, 0.2) is 63.4 Å². The molecule has 108 valence electrons. The lowest BCUT2D eigenvalue weighted by molar-refractivity contribution is 0.664. The van der Waals surface area contributed by atoms with Gasteiger partial charge in [0.1, 0.15) is 22.3 Å². The van der Waals surface area contributed by atoms with Crippen LogP contribution in [0.4, 0.5) is 0 Å². The first kappa shape index (κ1) is 12.4. The Morgan fingerprint density at radius 3 is 2.09 bits per heavy atom. The quantitative estimate of drug-likeness (QED) is 0.335. The first-order chi connectivity index (χ1) is 11.3. The van der Waals surface area contributed by atoms with E-state index in [0.717, 1.165) is 49.4 Å². The van der Waals surface area contributed by atoms with Crippen molar-refractivity contribution < 1.29 is 8.83 Å². The third kappa shape index (κ3) is 1.71. The molecule has 0 aliphatic heterocycles. The highest BCUT2D eigenvalue weighted by Crippen LogP contribution is 2.36. The van der Waals surface area contributed by atoms with Crippen molar-refractivity contribution in [3.8, 4) is 11.8 Å². The van der Waals surface area contributed by atoms with Crippen molar-refractivity contribution in [2.45, 2.75) is 6.92 Å². The molecule has 0 N–H and O–H groups in total. The van der Waals surface area contributed by atoms with E-state index < -0.39 is 0 Å². The monoisotopic (exact) mass is 296 g/mol. The standard InChI is InChI=1S/C21H12O2/c1-2-5-13-8-9-15-17-12-20-16(11-21(17)23-19(15)10-13)14-6-3-4-7-18(14)22-20/h3-4,6-12H,1H3. The number of hydrogen-bond donors (Lipinski definition) is 0. The summed E-state index contributed by atoms with van der Waals surface area (Å²) in [4.78, 5) is 0. The summed E-state index contributed by atoms with van der Waals surface area (Å²) >= 11 is 0. The van der Waals surface area contributed by atoms with Crippen molar-refractivity contribution in [1.29, 1.82) is 0 Å². The topological polar surface area (TPSA) is 26.3 Å². The Morgan fingerprint density at radius 2 is 1.30 bits per heavy atom. The Bertz CT molecular complexity index is 1270. The molecule has 0 atom stereocenters. The zero-order valence-electron chi connectivity index (χ0n) is 12.5. The zero-order chi connectivity index (χ0) is 15.4. The lowest BCUT2D eigenvalue weighted by Gasteiger charge is -1.91. The average molecular weight is 296 g/mol. The van der Waals surface area contributed by atoms with E-state index in [9.17, 15) is 0 Å². The molecule has 0 aliphatic rings. The molecule has 0 aliphatic carbocycles. The van der Waals surface area contributed by atoms with Crippen LogP contribution in [-0.2, 0) is 0 Å². The van der Waals surface area contributed by atoms with E-state index in [1.165, 1.54) is 0 Å². The van der Waals surface area contributed by atoms with Crippen LogP contribution in [0, 0.1) is 11.8 Å². The summed E-state index contributed by atoms with van der Waals surface area (Å²) in [6.45, 7) is 1.84. The largest absolute Gasteiger partial charge is 0.456 e. The van der Waals surface area contributed by atoms with Gasteiger partial charge in [-0.1, -0.05) is 24.1 Å². The zero-order valence-corrected chi connectivity index (χ0v) is 12.5. The van der Waals surface area contributed by atoms with Gasteiger partial charge in [-0.15, -0.1) is 5.92 Å². The number of rotatable bonds is 0. The molecule has 5 aromatic rings. The molecule has 3 aromatic carbocycles. The minimum Gasteiger partial charge on any atom is -0.456 e. The van der Waals surface area contributed by atoms with Gasteiger partial charge in [-0.05, 0) is 43.3 Å². The Morgan fingerprint density at radius 1 is 0.652 bits per heavy atom. The minimum atomic E-state index is 0.859. The molecule has 0 fully saturated rings. The smallest absolute Gasteiger partial charge is 0.136 e. The molecule has 0 unspecified atom stereocenters. The molecule has 0 bridgehead atoms. The first-order valence-electron chi connectivity index (χ1n) is 7.54. The predicted octanol–water partition coefficient (Wildman–Crippen LogP) is 5.86. The second-order valence-electron chi connectivity index (χ2n) is 5.63. The third-order valence-corrected chi connectivity index (χ3v) is 4.24. The number of fused-ring (bicyclic) bond motifs is 6. The van der Waals surface area contributed by atoms with Crippen molar-refractivity contribution in [3.05, 3.63) is 60.2 Å². The molecule has 5 rings (SSSR count). The van der Waals surface area contributed by atoms with Crippen molar-refractivity contribution in [3.63, 3.8) is 0 Å². The van der Waals surface area contributed by atoms with Gasteiger partial charge < -0.3 is 8.83 Å². The van der Waals surface area contributed by atoms with E-state index in [2.05, 4.69) is 36.1 Å². The van der Waals surface area contributed by atoms with Gasteiger partial charge >= 0.3 is 0 Å². The van der Waals surface area contributed by atoms with E-state index >= 15 is 0 Å². The first-order valence-corrected chi connectivity index (χ1v) is 7.54. The molecule has 2 aromatic heterocycles. The summed E-state index contributed by atoms with van der Waals surface area (Å²) in [6, 6.07) is 18.3. The van der Waals surface area contributed by atoms with E-state index in [0.29, 0.717) is 0 Å². The molecule has 2 heterocycles. The second kappa shape index (κ2) is 4.41. The van der Waals surface area contributed by atoms with Gasteiger partial charge in [-0.3, -0.25) is 0 Å². The van der Waals surface area contributed by atoms with Gasteiger partial charge in [0, 0.05) is 27.1 Å². The molecule has 0 spiro atoms. The van der Waals surface area contributed by atoms with Crippen LogP contribution in [-0.4, -0.2) is 0 Å². The van der Waals surface area contributed by atoms with Gasteiger partial charge in [0.15, 0.2) is 0 Å². The number of furan rings is 2. The fourth-order valence-corrected chi connectivity index (χ4v) is 3.22. The molecular weight excluding hydrogens is 284 g/mol. The molecule has 0 amide bonds. The lowest BCUT2D eigenvalue weighted by atomic mass is 10.1. The van der Waals surface area contributed by atoms with Crippen molar-refractivity contribution >= 4 is 43.9 Å². The molecule has 23 heavy (non-hydrogen) atoms. The fraction of sp³-hybridized carbons (Fsp3) is 0.0476. The summed E-state index contributed by atoms with van der Waals surface area (Å²) in [7, 11) is 0. The molecular formula is C21H12O2. The van der Waals surface area contributed by atoms with Gasteiger partial charge in [-0.25, -0.2) is 0 Å². The van der Waals surface area contributed by atoms with Gasteiger partial charge in [0.05, 0.1) is 0 Å². The summed E-state index contributed by atoms with van der Waals surface area (Å²) in [5.74, 6) is 5.99. The maximum Gasteiger partial charge on any atom is 0.136 e. The highest BCUT2D eigenvalue weighted by atomic mass is 16.3. The highest BCUT2D eigenvalue weighted by molar-refractivity contribution is 6.14. The fourth-order valence-electron chi connectivity index (χ4n) is 3.22. The molecule has 0 radical (unpaired) electrons. The van der Waals surface area contributed by atoms with Crippen LogP contribution < -0.4 is 0 Å². The lowest BCUT2D eigenvalue weighted by Crippen LogP contribution is -1.72. The van der Waals surface area contributed by atoms with Crippen molar-refractivity contribution in [2.75, 3.05) is 0 Å². The van der Waals surface area contributed by atoms with Crippen LogP contribution in [0.5, 0.6) is 0 Å². The molecule has 2 nitrogen and oxygen atoms in total. The maximum atomic E-state index is 6.06. The SMILES string of the molecule is CC#Cc1ccc2c(c1)oc1cc3c(cc12)oc1ccccc13. The normalized spacial score (nSPS) is 11.3. The third-order valence-electron chi connectivity index (χ3n) is 4.24. The highest BCUT2D eigenvalue weighted by Gasteiger charge is 2.13. The van der Waals surface area contributed by atoms with Crippen molar-refractivity contribution in [1.82, 2.24) is 0 Å². The summed E-state index contributed by atoms with van der Waals surface area (Å²) in [5.41, 5.74) is 4.49. The minimum absolute atomic E-state index is 0.859. The van der Waals surface area contributed by atoms with Gasteiger partial charge in [0.2, 0.25) is 0 Å².